The molecule has 0 aliphatic carbocycles. The molecule has 1 saturated heterocycles. The summed E-state index contributed by atoms with van der Waals surface area (Å²) in [5, 5.41) is 19.4. The molecule has 11 heteroatoms. The maximum atomic E-state index is 12.7. The summed E-state index contributed by atoms with van der Waals surface area (Å²) in [5.74, 6) is -0.699. The number of hydrogen-bond acceptors (Lipinski definition) is 8. The summed E-state index contributed by atoms with van der Waals surface area (Å²) in [5.41, 5.74) is 0.284. The lowest BCUT2D eigenvalue weighted by molar-refractivity contribution is 0.0596. The first-order chi connectivity index (χ1) is 14.2. The van der Waals surface area contributed by atoms with Gasteiger partial charge in [0, 0.05) is 30.3 Å². The molecule has 0 radical (unpaired) electrons. The number of nitrogens with one attached hydrogen (secondary N) is 1. The molecule has 3 rings (SSSR count). The van der Waals surface area contributed by atoms with Crippen LogP contribution in [-0.2, 0) is 14.8 Å². The second kappa shape index (κ2) is 8.84. The quantitative estimate of drug-likeness (QED) is 0.564. The lowest BCUT2D eigenvalue weighted by atomic mass is 10.1. The number of aromatic hydroxyl groups is 1. The number of nitrogens with zero attached hydrogens (tertiary/aromatic N) is 1. The third-order valence-electron chi connectivity index (χ3n) is 4.51. The zero-order valence-corrected chi connectivity index (χ0v) is 17.6. The largest absolute Gasteiger partial charge is 0.507 e. The van der Waals surface area contributed by atoms with Crippen molar-refractivity contribution in [3.63, 3.8) is 0 Å². The highest BCUT2D eigenvalue weighted by Gasteiger charge is 2.22. The maximum absolute atomic E-state index is 12.7. The number of benzene rings is 2. The SMILES string of the molecule is COC(=O)c1cc(S(=O)(=O)Nc2ccc(N3CCSCC3)c(C(=O)O)c2)ccc1O. The van der Waals surface area contributed by atoms with Crippen molar-refractivity contribution in [1.29, 1.82) is 0 Å². The molecule has 1 aliphatic heterocycles. The van der Waals surface area contributed by atoms with Crippen molar-refractivity contribution in [2.24, 2.45) is 0 Å². The number of carbonyl (C=O) groups excluding carboxylic acids is 1. The minimum Gasteiger partial charge on any atom is -0.507 e. The van der Waals surface area contributed by atoms with Crippen molar-refractivity contribution in [2.75, 3.05) is 41.3 Å². The molecule has 0 amide bonds. The summed E-state index contributed by atoms with van der Waals surface area (Å²) in [6, 6.07) is 7.51. The molecule has 160 valence electrons. The summed E-state index contributed by atoms with van der Waals surface area (Å²) in [6.07, 6.45) is 0. The Kier molecular flexibility index (Phi) is 6.42. The smallest absolute Gasteiger partial charge is 0.341 e. The Morgan fingerprint density at radius 1 is 1.10 bits per heavy atom. The van der Waals surface area contributed by atoms with Gasteiger partial charge in [-0.25, -0.2) is 18.0 Å². The van der Waals surface area contributed by atoms with E-state index in [1.54, 1.807) is 17.8 Å². The average Bonchev–Trinajstić information content (AvgIpc) is 2.73. The van der Waals surface area contributed by atoms with Crippen LogP contribution < -0.4 is 9.62 Å². The Bertz CT molecular complexity index is 1080. The van der Waals surface area contributed by atoms with Crippen molar-refractivity contribution in [3.8, 4) is 5.75 Å². The highest BCUT2D eigenvalue weighted by molar-refractivity contribution is 7.99. The molecule has 3 N–H and O–H groups in total. The van der Waals surface area contributed by atoms with E-state index in [-0.39, 0.29) is 21.7 Å². The Morgan fingerprint density at radius 3 is 2.43 bits per heavy atom. The number of carboxylic acid groups (broad SMARTS) is 1. The van der Waals surface area contributed by atoms with Crippen molar-refractivity contribution >= 4 is 45.1 Å². The van der Waals surface area contributed by atoms with E-state index in [1.165, 1.54) is 12.1 Å². The molecule has 0 spiro atoms. The normalized spacial score (nSPS) is 14.2. The van der Waals surface area contributed by atoms with Crippen LogP contribution in [0, 0.1) is 0 Å². The Hall–Kier alpha value is -2.92. The molecule has 30 heavy (non-hydrogen) atoms. The number of methoxy groups -OCH3 is 1. The van der Waals surface area contributed by atoms with Crippen LogP contribution in [-0.4, -0.2) is 62.3 Å². The lowest BCUT2D eigenvalue weighted by Crippen LogP contribution is -2.33. The molecule has 0 unspecified atom stereocenters. The molecule has 0 saturated carbocycles. The molecular weight excluding hydrogens is 432 g/mol. The fourth-order valence-electron chi connectivity index (χ4n) is 3.02. The van der Waals surface area contributed by atoms with Crippen molar-refractivity contribution in [2.45, 2.75) is 4.90 Å². The van der Waals surface area contributed by atoms with Gasteiger partial charge in [-0.05, 0) is 36.4 Å². The standard InChI is InChI=1S/C19H20N2O7S2/c1-28-19(25)15-11-13(3-5-17(15)22)30(26,27)20-12-2-4-16(14(10-12)18(23)24)21-6-8-29-9-7-21/h2-5,10-11,20,22H,6-9H2,1H3,(H,23,24). The van der Waals surface area contributed by atoms with Crippen LogP contribution in [0.3, 0.4) is 0 Å². The number of carboxylic acids is 1. The van der Waals surface area contributed by atoms with E-state index in [9.17, 15) is 28.2 Å². The number of sulfonamides is 1. The van der Waals surface area contributed by atoms with Gasteiger partial charge in [0.15, 0.2) is 0 Å². The van der Waals surface area contributed by atoms with Crippen LogP contribution in [0.1, 0.15) is 20.7 Å². The van der Waals surface area contributed by atoms with Crippen LogP contribution in [0.4, 0.5) is 11.4 Å². The van der Waals surface area contributed by atoms with Gasteiger partial charge in [0.05, 0.1) is 23.3 Å². The highest BCUT2D eigenvalue weighted by Crippen LogP contribution is 2.29. The second-order valence-corrected chi connectivity index (χ2v) is 9.32. The van der Waals surface area contributed by atoms with Gasteiger partial charge < -0.3 is 19.8 Å². The van der Waals surface area contributed by atoms with Gasteiger partial charge in [-0.1, -0.05) is 0 Å². The first-order valence-electron chi connectivity index (χ1n) is 8.87. The molecule has 1 aliphatic rings. The van der Waals surface area contributed by atoms with E-state index in [0.717, 1.165) is 36.8 Å². The zero-order valence-electron chi connectivity index (χ0n) is 16.0. The monoisotopic (exact) mass is 452 g/mol. The fraction of sp³-hybridized carbons (Fsp3) is 0.263. The number of hydrogen-bond donors (Lipinski definition) is 3. The number of phenols is 1. The van der Waals surface area contributed by atoms with Crippen molar-refractivity contribution < 1.29 is 33.0 Å². The summed E-state index contributed by atoms with van der Waals surface area (Å²) in [6.45, 7) is 1.42. The first kappa shape index (κ1) is 21.8. The van der Waals surface area contributed by atoms with Crippen LogP contribution in [0.15, 0.2) is 41.3 Å². The minimum atomic E-state index is -4.15. The van der Waals surface area contributed by atoms with E-state index in [0.29, 0.717) is 18.8 Å². The minimum absolute atomic E-state index is 0.0111. The van der Waals surface area contributed by atoms with Crippen molar-refractivity contribution in [3.05, 3.63) is 47.5 Å². The molecule has 0 atom stereocenters. The van der Waals surface area contributed by atoms with E-state index in [2.05, 4.69) is 9.46 Å². The van der Waals surface area contributed by atoms with Gasteiger partial charge in [-0.2, -0.15) is 11.8 Å². The number of thioether (sulfide) groups is 1. The molecule has 1 heterocycles. The van der Waals surface area contributed by atoms with E-state index >= 15 is 0 Å². The second-order valence-electron chi connectivity index (χ2n) is 6.41. The van der Waals surface area contributed by atoms with E-state index in [1.807, 2.05) is 4.90 Å². The van der Waals surface area contributed by atoms with Crippen LogP contribution in [0.2, 0.25) is 0 Å². The number of rotatable bonds is 6. The predicted molar refractivity (Wildman–Crippen MR) is 113 cm³/mol. The topological polar surface area (TPSA) is 133 Å². The Labute approximate surface area is 177 Å². The third kappa shape index (κ3) is 4.62. The molecular formula is C19H20N2O7S2. The fourth-order valence-corrected chi connectivity index (χ4v) is 5.00. The van der Waals surface area contributed by atoms with Crippen LogP contribution in [0.25, 0.3) is 0 Å². The Balaban J connectivity index is 1.92. The van der Waals surface area contributed by atoms with Crippen molar-refractivity contribution in [1.82, 2.24) is 0 Å². The highest BCUT2D eigenvalue weighted by atomic mass is 32.2. The van der Waals surface area contributed by atoms with E-state index in [4.69, 9.17) is 0 Å². The number of esters is 1. The summed E-state index contributed by atoms with van der Waals surface area (Å²) in [4.78, 5) is 25.1. The van der Waals surface area contributed by atoms with E-state index < -0.39 is 27.7 Å². The number of ether oxygens (including phenoxy) is 1. The van der Waals surface area contributed by atoms with Crippen LogP contribution in [0.5, 0.6) is 5.75 Å². The molecule has 1 fully saturated rings. The molecule has 0 aromatic heterocycles. The molecule has 9 nitrogen and oxygen atoms in total. The van der Waals surface area contributed by atoms with Gasteiger partial charge in [0.2, 0.25) is 0 Å². The summed E-state index contributed by atoms with van der Waals surface area (Å²) < 4.78 is 32.3. The third-order valence-corrected chi connectivity index (χ3v) is 6.84. The van der Waals surface area contributed by atoms with Crippen LogP contribution >= 0.6 is 11.8 Å². The first-order valence-corrected chi connectivity index (χ1v) is 11.5. The van der Waals surface area contributed by atoms with Gasteiger partial charge >= 0.3 is 11.9 Å². The molecule has 2 aromatic rings. The van der Waals surface area contributed by atoms with Gasteiger partial charge in [-0.15, -0.1) is 0 Å². The summed E-state index contributed by atoms with van der Waals surface area (Å²) >= 11 is 1.79. The summed E-state index contributed by atoms with van der Waals surface area (Å²) in [7, 11) is -3.04. The predicted octanol–water partition coefficient (Wildman–Crippen LogP) is 2.23. The number of aromatic carboxylic acids is 1. The number of anilines is 2. The molecule has 0 bridgehead atoms. The lowest BCUT2D eigenvalue weighted by Gasteiger charge is -2.29. The Morgan fingerprint density at radius 2 is 1.80 bits per heavy atom. The average molecular weight is 453 g/mol. The number of carbonyl (C=O) groups is 2. The molecule has 2 aromatic carbocycles. The van der Waals surface area contributed by atoms with Gasteiger partial charge in [0.25, 0.3) is 10.0 Å². The zero-order chi connectivity index (χ0) is 21.9. The maximum Gasteiger partial charge on any atom is 0.341 e. The van der Waals surface area contributed by atoms with Gasteiger partial charge in [0.1, 0.15) is 11.3 Å². The number of phenolic OH excluding ortho intramolecular Hbond substituents is 1. The van der Waals surface area contributed by atoms with Gasteiger partial charge in [-0.3, -0.25) is 4.72 Å².